The summed E-state index contributed by atoms with van der Waals surface area (Å²) in [6, 6.07) is 2.39. The topological polar surface area (TPSA) is 67.4 Å². The van der Waals surface area contributed by atoms with E-state index in [2.05, 4.69) is 10.0 Å². The predicted molar refractivity (Wildman–Crippen MR) is 85.1 cm³/mol. The van der Waals surface area contributed by atoms with E-state index in [1.165, 1.54) is 24.2 Å². The quantitative estimate of drug-likeness (QED) is 0.724. The molecular weight excluding hydrogens is 308 g/mol. The molecule has 1 saturated carbocycles. The van der Waals surface area contributed by atoms with Crippen LogP contribution >= 0.6 is 11.3 Å². The number of rotatable bonds is 9. The summed E-state index contributed by atoms with van der Waals surface area (Å²) in [4.78, 5) is 1.10. The molecule has 5 nitrogen and oxygen atoms in total. The second-order valence-electron chi connectivity index (χ2n) is 5.74. The van der Waals surface area contributed by atoms with Gasteiger partial charge in [0.2, 0.25) is 10.0 Å². The highest BCUT2D eigenvalue weighted by Gasteiger charge is 2.23. The van der Waals surface area contributed by atoms with Crippen LogP contribution in [0.1, 0.15) is 30.2 Å². The number of hydrogen-bond donors (Lipinski definition) is 2. The second-order valence-corrected chi connectivity index (χ2v) is 8.87. The van der Waals surface area contributed by atoms with Crippen molar-refractivity contribution in [2.75, 3.05) is 20.3 Å². The average molecular weight is 332 g/mol. The van der Waals surface area contributed by atoms with Crippen LogP contribution in [-0.4, -0.2) is 34.7 Å². The molecule has 2 N–H and O–H groups in total. The molecule has 0 amide bonds. The van der Waals surface area contributed by atoms with E-state index < -0.39 is 10.0 Å². The van der Waals surface area contributed by atoms with Crippen molar-refractivity contribution in [1.82, 2.24) is 10.0 Å². The average Bonchev–Trinajstić information content (AvgIpc) is 3.17. The Morgan fingerprint density at radius 3 is 2.81 bits per heavy atom. The SMILES string of the molecule is COCC(C)CNS(=O)(=O)c1cc(C)c(CNC2CC2)s1. The third-order valence-electron chi connectivity index (χ3n) is 3.46. The van der Waals surface area contributed by atoms with Crippen LogP contribution in [0.15, 0.2) is 10.3 Å². The molecule has 0 saturated heterocycles. The van der Waals surface area contributed by atoms with Crippen molar-refractivity contribution in [2.45, 2.75) is 43.5 Å². The van der Waals surface area contributed by atoms with Gasteiger partial charge in [0.1, 0.15) is 4.21 Å². The highest BCUT2D eigenvalue weighted by Crippen LogP contribution is 2.27. The molecular formula is C14H24N2O3S2. The highest BCUT2D eigenvalue weighted by atomic mass is 32.2. The lowest BCUT2D eigenvalue weighted by Gasteiger charge is -2.10. The van der Waals surface area contributed by atoms with Crippen LogP contribution in [0, 0.1) is 12.8 Å². The minimum Gasteiger partial charge on any atom is -0.384 e. The molecule has 1 aliphatic rings. The lowest BCUT2D eigenvalue weighted by Crippen LogP contribution is -2.29. The van der Waals surface area contributed by atoms with Gasteiger partial charge in [0.25, 0.3) is 0 Å². The van der Waals surface area contributed by atoms with E-state index in [-0.39, 0.29) is 5.92 Å². The van der Waals surface area contributed by atoms with E-state index in [9.17, 15) is 8.42 Å². The Morgan fingerprint density at radius 2 is 2.19 bits per heavy atom. The largest absolute Gasteiger partial charge is 0.384 e. The predicted octanol–water partition coefficient (Wildman–Crippen LogP) is 1.87. The molecule has 7 heteroatoms. The van der Waals surface area contributed by atoms with Crippen LogP contribution in [0.5, 0.6) is 0 Å². The molecule has 0 aromatic carbocycles. The molecule has 0 bridgehead atoms. The normalized spacial score (nSPS) is 17.1. The third kappa shape index (κ3) is 5.03. The number of nitrogens with one attached hydrogen (secondary N) is 2. The smallest absolute Gasteiger partial charge is 0.250 e. The molecule has 1 heterocycles. The first-order chi connectivity index (χ1) is 9.92. The Kier molecular flexibility index (Phi) is 5.79. The maximum Gasteiger partial charge on any atom is 0.250 e. The standard InChI is InChI=1S/C14H24N2O3S2/c1-10(9-19-3)7-16-21(17,18)14-6-11(2)13(20-14)8-15-12-4-5-12/h6,10,12,15-16H,4-5,7-9H2,1-3H3. The monoisotopic (exact) mass is 332 g/mol. The van der Waals surface area contributed by atoms with E-state index in [1.54, 1.807) is 13.2 Å². The van der Waals surface area contributed by atoms with Crippen molar-refractivity contribution in [3.8, 4) is 0 Å². The molecule has 1 aromatic rings. The Morgan fingerprint density at radius 1 is 1.48 bits per heavy atom. The van der Waals surface area contributed by atoms with E-state index in [4.69, 9.17) is 4.74 Å². The summed E-state index contributed by atoms with van der Waals surface area (Å²) in [5, 5.41) is 3.42. The summed E-state index contributed by atoms with van der Waals surface area (Å²) in [6.07, 6.45) is 2.46. The molecule has 21 heavy (non-hydrogen) atoms. The number of ether oxygens (including phenoxy) is 1. The number of hydrogen-bond acceptors (Lipinski definition) is 5. The van der Waals surface area contributed by atoms with Crippen LogP contribution in [-0.2, 0) is 21.3 Å². The van der Waals surface area contributed by atoms with Gasteiger partial charge in [-0.3, -0.25) is 0 Å². The zero-order valence-electron chi connectivity index (χ0n) is 12.8. The minimum atomic E-state index is -3.41. The van der Waals surface area contributed by atoms with Crippen LogP contribution in [0.4, 0.5) is 0 Å². The fourth-order valence-corrected chi connectivity index (χ4v) is 4.74. The Balaban J connectivity index is 1.96. The summed E-state index contributed by atoms with van der Waals surface area (Å²) in [5.74, 6) is 0.154. The van der Waals surface area contributed by atoms with Crippen molar-refractivity contribution in [1.29, 1.82) is 0 Å². The van der Waals surface area contributed by atoms with Gasteiger partial charge in [0, 0.05) is 37.7 Å². The number of aryl methyl sites for hydroxylation is 1. The van der Waals surface area contributed by atoms with Gasteiger partial charge in [0.05, 0.1) is 0 Å². The fourth-order valence-electron chi connectivity index (χ4n) is 1.99. The number of thiophene rings is 1. The van der Waals surface area contributed by atoms with Crippen molar-refractivity contribution in [3.05, 3.63) is 16.5 Å². The molecule has 0 aliphatic heterocycles. The molecule has 0 radical (unpaired) electrons. The summed E-state index contributed by atoms with van der Waals surface area (Å²) >= 11 is 1.36. The summed E-state index contributed by atoms with van der Waals surface area (Å²) in [5.41, 5.74) is 1.04. The Hall–Kier alpha value is -0.470. The highest BCUT2D eigenvalue weighted by molar-refractivity contribution is 7.91. The van der Waals surface area contributed by atoms with Gasteiger partial charge >= 0.3 is 0 Å². The van der Waals surface area contributed by atoms with Gasteiger partial charge in [-0.05, 0) is 37.3 Å². The van der Waals surface area contributed by atoms with Gasteiger partial charge in [-0.25, -0.2) is 13.1 Å². The van der Waals surface area contributed by atoms with Crippen molar-refractivity contribution >= 4 is 21.4 Å². The molecule has 0 spiro atoms. The van der Waals surface area contributed by atoms with Gasteiger partial charge in [-0.2, -0.15) is 0 Å². The molecule has 1 aromatic heterocycles. The maximum absolute atomic E-state index is 12.3. The van der Waals surface area contributed by atoms with Gasteiger partial charge < -0.3 is 10.1 Å². The summed E-state index contributed by atoms with van der Waals surface area (Å²) in [6.45, 7) is 5.62. The first-order valence-corrected chi connectivity index (χ1v) is 9.53. The number of sulfonamides is 1. The lowest BCUT2D eigenvalue weighted by molar-refractivity contribution is 0.161. The van der Waals surface area contributed by atoms with E-state index in [1.807, 2.05) is 13.8 Å². The van der Waals surface area contributed by atoms with Crippen LogP contribution < -0.4 is 10.0 Å². The zero-order valence-corrected chi connectivity index (χ0v) is 14.4. The molecule has 120 valence electrons. The molecule has 1 unspecified atom stereocenters. The Labute approximate surface area is 131 Å². The lowest BCUT2D eigenvalue weighted by atomic mass is 10.2. The third-order valence-corrected chi connectivity index (χ3v) is 6.60. The van der Waals surface area contributed by atoms with E-state index in [0.717, 1.165) is 17.0 Å². The fraction of sp³-hybridized carbons (Fsp3) is 0.714. The first kappa shape index (κ1) is 16.9. The zero-order chi connectivity index (χ0) is 15.5. The number of methoxy groups -OCH3 is 1. The van der Waals surface area contributed by atoms with Crippen molar-refractivity contribution in [2.24, 2.45) is 5.92 Å². The van der Waals surface area contributed by atoms with Crippen LogP contribution in [0.25, 0.3) is 0 Å². The molecule has 1 fully saturated rings. The second kappa shape index (κ2) is 7.19. The maximum atomic E-state index is 12.3. The Bertz CT molecular complexity index is 565. The molecule has 2 rings (SSSR count). The van der Waals surface area contributed by atoms with Crippen LogP contribution in [0.3, 0.4) is 0 Å². The van der Waals surface area contributed by atoms with Gasteiger partial charge in [0.15, 0.2) is 0 Å². The summed E-state index contributed by atoms with van der Waals surface area (Å²) < 4.78 is 32.7. The van der Waals surface area contributed by atoms with Gasteiger partial charge in [-0.1, -0.05) is 6.92 Å². The molecule has 1 aliphatic carbocycles. The van der Waals surface area contributed by atoms with Crippen molar-refractivity contribution in [3.63, 3.8) is 0 Å². The summed E-state index contributed by atoms with van der Waals surface area (Å²) in [7, 11) is -1.80. The first-order valence-electron chi connectivity index (χ1n) is 7.23. The molecule has 1 atom stereocenters. The van der Waals surface area contributed by atoms with E-state index >= 15 is 0 Å². The van der Waals surface area contributed by atoms with Gasteiger partial charge in [-0.15, -0.1) is 11.3 Å². The van der Waals surface area contributed by atoms with E-state index in [0.29, 0.717) is 23.4 Å². The van der Waals surface area contributed by atoms with Crippen molar-refractivity contribution < 1.29 is 13.2 Å². The van der Waals surface area contributed by atoms with Crippen LogP contribution in [0.2, 0.25) is 0 Å². The minimum absolute atomic E-state index is 0.154.